The Bertz CT molecular complexity index is 455. The summed E-state index contributed by atoms with van der Waals surface area (Å²) in [5, 5.41) is 3.13. The maximum Gasteiger partial charge on any atom is 0.191 e. The molecule has 0 amide bonds. The number of piperazine rings is 1. The molecule has 1 aromatic heterocycles. The molecule has 0 radical (unpaired) electrons. The third kappa shape index (κ3) is 6.72. The molecule has 1 aliphatic heterocycles. The number of guanidine groups is 1. The van der Waals surface area contributed by atoms with Crippen molar-refractivity contribution in [1.82, 2.24) is 14.8 Å². The van der Waals surface area contributed by atoms with Gasteiger partial charge in [-0.15, -0.1) is 35.3 Å². The molecule has 24 heavy (non-hydrogen) atoms. The van der Waals surface area contributed by atoms with Crippen molar-refractivity contribution in [3.05, 3.63) is 11.6 Å². The number of nitrogens with two attached hydrogens (primary N) is 1. The summed E-state index contributed by atoms with van der Waals surface area (Å²) in [7, 11) is 0. The van der Waals surface area contributed by atoms with Gasteiger partial charge in [-0.3, -0.25) is 4.99 Å². The van der Waals surface area contributed by atoms with Gasteiger partial charge in [-0.25, -0.2) is 4.98 Å². The van der Waals surface area contributed by atoms with E-state index in [2.05, 4.69) is 38.5 Å². The second-order valence-corrected chi connectivity index (χ2v) is 6.64. The number of hydrogen-bond donors (Lipinski definition) is 1. The van der Waals surface area contributed by atoms with Crippen LogP contribution in [-0.2, 0) is 0 Å². The second-order valence-electron chi connectivity index (χ2n) is 5.76. The molecule has 0 bridgehead atoms. The summed E-state index contributed by atoms with van der Waals surface area (Å²) in [5.74, 6) is 0.701. The van der Waals surface area contributed by atoms with Crippen LogP contribution in [0.5, 0.6) is 0 Å². The van der Waals surface area contributed by atoms with Crippen LogP contribution in [0.2, 0.25) is 0 Å². The molecule has 0 saturated carbocycles. The number of aliphatic imine (C=N–C) groups is 1. The van der Waals surface area contributed by atoms with E-state index in [4.69, 9.17) is 5.73 Å². The minimum atomic E-state index is 0. The van der Waals surface area contributed by atoms with Crippen molar-refractivity contribution in [1.29, 1.82) is 0 Å². The fraction of sp³-hybridized carbons (Fsp3) is 0.750. The van der Waals surface area contributed by atoms with Gasteiger partial charge in [-0.2, -0.15) is 0 Å². The molecule has 138 valence electrons. The van der Waals surface area contributed by atoms with Gasteiger partial charge in [0.25, 0.3) is 0 Å². The molecule has 1 saturated heterocycles. The van der Waals surface area contributed by atoms with E-state index in [1.54, 1.807) is 11.3 Å². The molecule has 1 aliphatic rings. The van der Waals surface area contributed by atoms with Gasteiger partial charge >= 0.3 is 0 Å². The Morgan fingerprint density at radius 2 is 1.96 bits per heavy atom. The van der Waals surface area contributed by atoms with Gasteiger partial charge in [0.15, 0.2) is 11.1 Å². The number of rotatable bonds is 8. The Morgan fingerprint density at radius 3 is 2.54 bits per heavy atom. The van der Waals surface area contributed by atoms with Gasteiger partial charge in [0.2, 0.25) is 0 Å². The summed E-state index contributed by atoms with van der Waals surface area (Å²) >= 11 is 1.70. The van der Waals surface area contributed by atoms with Gasteiger partial charge < -0.3 is 20.4 Å². The highest BCUT2D eigenvalue weighted by Crippen LogP contribution is 2.18. The standard InChI is InChI=1S/C16H30N6S.HI/c1-3-20(4-2)9-6-5-7-18-15(17)21-10-12-22(13-11-21)16-19-8-14-23-16;/h8,14H,3-7,9-13H2,1-2H3,(H2,17,18);1H. The minimum Gasteiger partial charge on any atom is -0.370 e. The molecule has 2 N–H and O–H groups in total. The third-order valence-corrected chi connectivity index (χ3v) is 5.18. The minimum absolute atomic E-state index is 0. The molecule has 0 aromatic carbocycles. The zero-order chi connectivity index (χ0) is 16.5. The van der Waals surface area contributed by atoms with E-state index in [0.29, 0.717) is 5.96 Å². The number of hydrogen-bond acceptors (Lipinski definition) is 5. The van der Waals surface area contributed by atoms with Crippen molar-refractivity contribution >= 4 is 46.4 Å². The predicted octanol–water partition coefficient (Wildman–Crippen LogP) is 2.32. The molecular formula is C16H31IN6S. The van der Waals surface area contributed by atoms with Gasteiger partial charge in [-0.05, 0) is 32.5 Å². The molecule has 1 fully saturated rings. The van der Waals surface area contributed by atoms with E-state index in [1.807, 2.05) is 11.6 Å². The van der Waals surface area contributed by atoms with E-state index >= 15 is 0 Å². The molecule has 2 heterocycles. The number of thiazole rings is 1. The quantitative estimate of drug-likeness (QED) is 0.276. The largest absolute Gasteiger partial charge is 0.370 e. The van der Waals surface area contributed by atoms with Crippen molar-refractivity contribution in [2.75, 3.05) is 57.3 Å². The number of anilines is 1. The number of halogens is 1. The first kappa shape index (κ1) is 21.4. The third-order valence-electron chi connectivity index (χ3n) is 4.34. The Labute approximate surface area is 167 Å². The topological polar surface area (TPSA) is 61.0 Å². The van der Waals surface area contributed by atoms with E-state index in [9.17, 15) is 0 Å². The van der Waals surface area contributed by atoms with E-state index in [1.165, 1.54) is 6.42 Å². The molecular weight excluding hydrogens is 435 g/mol. The lowest BCUT2D eigenvalue weighted by atomic mass is 10.3. The fourth-order valence-corrected chi connectivity index (χ4v) is 3.48. The van der Waals surface area contributed by atoms with Gasteiger partial charge in [0.05, 0.1) is 0 Å². The van der Waals surface area contributed by atoms with Crippen LogP contribution in [0.3, 0.4) is 0 Å². The van der Waals surface area contributed by atoms with Crippen LogP contribution in [0.15, 0.2) is 16.6 Å². The maximum atomic E-state index is 6.14. The highest BCUT2D eigenvalue weighted by atomic mass is 127. The van der Waals surface area contributed by atoms with Crippen LogP contribution in [0.1, 0.15) is 26.7 Å². The number of nitrogens with zero attached hydrogens (tertiary/aromatic N) is 5. The molecule has 0 unspecified atom stereocenters. The first-order valence-electron chi connectivity index (χ1n) is 8.66. The van der Waals surface area contributed by atoms with Crippen molar-refractivity contribution in [2.45, 2.75) is 26.7 Å². The highest BCUT2D eigenvalue weighted by molar-refractivity contribution is 14.0. The van der Waals surface area contributed by atoms with E-state index in [0.717, 1.165) is 63.9 Å². The van der Waals surface area contributed by atoms with Crippen molar-refractivity contribution < 1.29 is 0 Å². The van der Waals surface area contributed by atoms with Crippen LogP contribution >= 0.6 is 35.3 Å². The van der Waals surface area contributed by atoms with Crippen LogP contribution in [-0.4, -0.2) is 73.1 Å². The van der Waals surface area contributed by atoms with Gasteiger partial charge in [0, 0.05) is 44.3 Å². The molecule has 1 aromatic rings. The average Bonchev–Trinajstić information content (AvgIpc) is 3.12. The Balaban J connectivity index is 0.00000288. The Morgan fingerprint density at radius 1 is 1.25 bits per heavy atom. The molecule has 0 atom stereocenters. The van der Waals surface area contributed by atoms with Crippen LogP contribution in [0.4, 0.5) is 5.13 Å². The predicted molar refractivity (Wildman–Crippen MR) is 115 cm³/mol. The lowest BCUT2D eigenvalue weighted by molar-refractivity contribution is 0.297. The van der Waals surface area contributed by atoms with Gasteiger partial charge in [-0.1, -0.05) is 13.8 Å². The number of unbranched alkanes of at least 4 members (excludes halogenated alkanes) is 1. The Hall–Kier alpha value is -0.610. The Kier molecular flexibility index (Phi) is 10.6. The molecule has 6 nitrogen and oxygen atoms in total. The monoisotopic (exact) mass is 466 g/mol. The van der Waals surface area contributed by atoms with Crippen LogP contribution < -0.4 is 10.6 Å². The maximum absolute atomic E-state index is 6.14. The lowest BCUT2D eigenvalue weighted by Crippen LogP contribution is -2.51. The fourth-order valence-electron chi connectivity index (χ4n) is 2.78. The van der Waals surface area contributed by atoms with Crippen molar-refractivity contribution in [3.8, 4) is 0 Å². The highest BCUT2D eigenvalue weighted by Gasteiger charge is 2.19. The molecule has 0 spiro atoms. The average molecular weight is 466 g/mol. The molecule has 8 heteroatoms. The smallest absolute Gasteiger partial charge is 0.191 e. The summed E-state index contributed by atoms with van der Waals surface area (Å²) in [6.07, 6.45) is 4.16. The van der Waals surface area contributed by atoms with Crippen LogP contribution in [0.25, 0.3) is 0 Å². The summed E-state index contributed by atoms with van der Waals surface area (Å²) < 4.78 is 0. The molecule has 2 rings (SSSR count). The van der Waals surface area contributed by atoms with Crippen molar-refractivity contribution in [3.63, 3.8) is 0 Å². The zero-order valence-corrected chi connectivity index (χ0v) is 18.0. The van der Waals surface area contributed by atoms with Gasteiger partial charge in [0.1, 0.15) is 0 Å². The van der Waals surface area contributed by atoms with Crippen LogP contribution in [0, 0.1) is 0 Å². The first-order valence-corrected chi connectivity index (χ1v) is 9.54. The lowest BCUT2D eigenvalue weighted by Gasteiger charge is -2.35. The van der Waals surface area contributed by atoms with E-state index < -0.39 is 0 Å². The summed E-state index contributed by atoms with van der Waals surface area (Å²) in [6.45, 7) is 12.5. The zero-order valence-electron chi connectivity index (χ0n) is 14.9. The summed E-state index contributed by atoms with van der Waals surface area (Å²) in [6, 6.07) is 0. The molecule has 0 aliphatic carbocycles. The van der Waals surface area contributed by atoms with E-state index in [-0.39, 0.29) is 24.0 Å². The summed E-state index contributed by atoms with van der Waals surface area (Å²) in [5.41, 5.74) is 6.14. The normalized spacial score (nSPS) is 15.7. The second kappa shape index (κ2) is 11.9. The number of aromatic nitrogens is 1. The summed E-state index contributed by atoms with van der Waals surface area (Å²) in [4.78, 5) is 15.9. The SMILES string of the molecule is CCN(CC)CCCCN=C(N)N1CCN(c2nccs2)CC1.I. The first-order chi connectivity index (χ1) is 11.2. The van der Waals surface area contributed by atoms with Crippen molar-refractivity contribution in [2.24, 2.45) is 10.7 Å².